The lowest BCUT2D eigenvalue weighted by atomic mass is 9.86. The summed E-state index contributed by atoms with van der Waals surface area (Å²) in [6.45, 7) is 8.07. The standard InChI is InChI=1S/C16H31N3O2/c1-3-17-15(18-9-11-21-13-12-20-2)19-10-8-16(14-19)6-4-5-7-16/h3-14H2,1-2H3,(H,17,18). The van der Waals surface area contributed by atoms with Gasteiger partial charge in [0.25, 0.3) is 0 Å². The average molecular weight is 297 g/mol. The first-order valence-electron chi connectivity index (χ1n) is 8.40. The van der Waals surface area contributed by atoms with Crippen molar-refractivity contribution in [1.29, 1.82) is 0 Å². The van der Waals surface area contributed by atoms with Gasteiger partial charge in [0.15, 0.2) is 5.96 Å². The molecule has 2 fully saturated rings. The van der Waals surface area contributed by atoms with Gasteiger partial charge in [-0.15, -0.1) is 0 Å². The molecule has 2 aliphatic rings. The highest BCUT2D eigenvalue weighted by atomic mass is 16.5. The summed E-state index contributed by atoms with van der Waals surface area (Å²) in [4.78, 5) is 7.16. The third kappa shape index (κ3) is 4.85. The van der Waals surface area contributed by atoms with Crippen LogP contribution in [0.2, 0.25) is 0 Å². The first kappa shape index (κ1) is 16.6. The molecule has 0 aromatic rings. The van der Waals surface area contributed by atoms with Gasteiger partial charge in [-0.25, -0.2) is 0 Å². The van der Waals surface area contributed by atoms with Crippen LogP contribution in [0.4, 0.5) is 0 Å². The van der Waals surface area contributed by atoms with Gasteiger partial charge in [0, 0.05) is 26.7 Å². The molecule has 5 nitrogen and oxygen atoms in total. The molecule has 1 heterocycles. The van der Waals surface area contributed by atoms with E-state index in [0.29, 0.717) is 25.2 Å². The van der Waals surface area contributed by atoms with Gasteiger partial charge in [-0.1, -0.05) is 12.8 Å². The summed E-state index contributed by atoms with van der Waals surface area (Å²) in [5.74, 6) is 1.07. The van der Waals surface area contributed by atoms with Crippen LogP contribution in [0.15, 0.2) is 4.99 Å². The molecular weight excluding hydrogens is 266 g/mol. The predicted octanol–water partition coefficient (Wildman–Crippen LogP) is 1.88. The number of nitrogens with zero attached hydrogens (tertiary/aromatic N) is 2. The van der Waals surface area contributed by atoms with E-state index in [1.54, 1.807) is 7.11 Å². The number of hydrogen-bond acceptors (Lipinski definition) is 3. The number of ether oxygens (including phenoxy) is 2. The third-order valence-electron chi connectivity index (χ3n) is 4.67. The van der Waals surface area contributed by atoms with E-state index < -0.39 is 0 Å². The second-order valence-corrected chi connectivity index (χ2v) is 6.22. The van der Waals surface area contributed by atoms with Crippen LogP contribution in [0.3, 0.4) is 0 Å². The number of methoxy groups -OCH3 is 1. The Kier molecular flexibility index (Phi) is 6.77. The monoisotopic (exact) mass is 297 g/mol. The first-order chi connectivity index (χ1) is 10.3. The van der Waals surface area contributed by atoms with E-state index >= 15 is 0 Å². The molecule has 21 heavy (non-hydrogen) atoms. The van der Waals surface area contributed by atoms with E-state index in [1.165, 1.54) is 38.6 Å². The fraction of sp³-hybridized carbons (Fsp3) is 0.938. The maximum atomic E-state index is 5.48. The fourth-order valence-corrected chi connectivity index (χ4v) is 3.54. The van der Waals surface area contributed by atoms with Crippen LogP contribution in [0, 0.1) is 5.41 Å². The molecule has 1 spiro atoms. The van der Waals surface area contributed by atoms with E-state index in [0.717, 1.165) is 25.6 Å². The Morgan fingerprint density at radius 1 is 1.19 bits per heavy atom. The number of rotatable bonds is 7. The zero-order valence-electron chi connectivity index (χ0n) is 13.7. The molecule has 0 radical (unpaired) electrons. The molecule has 0 aromatic carbocycles. The number of nitrogens with one attached hydrogen (secondary N) is 1. The Balaban J connectivity index is 1.78. The van der Waals surface area contributed by atoms with Crippen LogP contribution in [0.25, 0.3) is 0 Å². The SMILES string of the molecule is CCNC(=NCCOCCOC)N1CCC2(CCCC2)C1. The van der Waals surface area contributed by atoms with E-state index in [4.69, 9.17) is 14.5 Å². The Hall–Kier alpha value is -0.810. The Morgan fingerprint density at radius 2 is 2.00 bits per heavy atom. The topological polar surface area (TPSA) is 46.1 Å². The van der Waals surface area contributed by atoms with Gasteiger partial charge in [0.2, 0.25) is 0 Å². The van der Waals surface area contributed by atoms with Crippen molar-refractivity contribution in [3.05, 3.63) is 0 Å². The van der Waals surface area contributed by atoms with Crippen LogP contribution in [0.1, 0.15) is 39.0 Å². The van der Waals surface area contributed by atoms with E-state index in [9.17, 15) is 0 Å². The molecule has 0 atom stereocenters. The van der Waals surface area contributed by atoms with Crippen molar-refractivity contribution in [1.82, 2.24) is 10.2 Å². The Labute approximate surface area is 129 Å². The summed E-state index contributed by atoms with van der Waals surface area (Å²) >= 11 is 0. The summed E-state index contributed by atoms with van der Waals surface area (Å²) in [5, 5.41) is 3.43. The minimum Gasteiger partial charge on any atom is -0.382 e. The van der Waals surface area contributed by atoms with Gasteiger partial charge in [-0.2, -0.15) is 0 Å². The summed E-state index contributed by atoms with van der Waals surface area (Å²) in [5.41, 5.74) is 0.588. The van der Waals surface area contributed by atoms with Crippen molar-refractivity contribution in [2.24, 2.45) is 10.4 Å². The van der Waals surface area contributed by atoms with Crippen molar-refractivity contribution < 1.29 is 9.47 Å². The van der Waals surface area contributed by atoms with Crippen LogP contribution >= 0.6 is 0 Å². The zero-order chi connectivity index (χ0) is 15.0. The molecule has 2 rings (SSSR count). The lowest BCUT2D eigenvalue weighted by molar-refractivity contribution is 0.0747. The number of aliphatic imine (C=N–C) groups is 1. The van der Waals surface area contributed by atoms with E-state index in [1.807, 2.05) is 0 Å². The second kappa shape index (κ2) is 8.59. The maximum Gasteiger partial charge on any atom is 0.194 e. The molecule has 1 saturated heterocycles. The van der Waals surface area contributed by atoms with Gasteiger partial charge < -0.3 is 19.7 Å². The molecule has 1 aliphatic heterocycles. The lowest BCUT2D eigenvalue weighted by Crippen LogP contribution is -2.41. The average Bonchev–Trinajstić information content (AvgIpc) is 3.12. The molecular formula is C16H31N3O2. The third-order valence-corrected chi connectivity index (χ3v) is 4.67. The largest absolute Gasteiger partial charge is 0.382 e. The highest BCUT2D eigenvalue weighted by Gasteiger charge is 2.40. The maximum absolute atomic E-state index is 5.48. The lowest BCUT2D eigenvalue weighted by Gasteiger charge is -2.25. The minimum absolute atomic E-state index is 0.588. The second-order valence-electron chi connectivity index (χ2n) is 6.22. The van der Waals surface area contributed by atoms with Gasteiger partial charge in [-0.3, -0.25) is 4.99 Å². The molecule has 0 amide bonds. The smallest absolute Gasteiger partial charge is 0.194 e. The molecule has 122 valence electrons. The molecule has 0 unspecified atom stereocenters. The van der Waals surface area contributed by atoms with Crippen LogP contribution < -0.4 is 5.32 Å². The summed E-state index contributed by atoms with van der Waals surface area (Å²) in [6, 6.07) is 0. The summed E-state index contributed by atoms with van der Waals surface area (Å²) in [6.07, 6.45) is 6.97. The fourth-order valence-electron chi connectivity index (χ4n) is 3.54. The van der Waals surface area contributed by atoms with Crippen molar-refractivity contribution in [3.63, 3.8) is 0 Å². The van der Waals surface area contributed by atoms with Crippen LogP contribution in [0.5, 0.6) is 0 Å². The van der Waals surface area contributed by atoms with Crippen LogP contribution in [-0.2, 0) is 9.47 Å². The molecule has 0 aromatic heterocycles. The Bertz CT molecular complexity index is 327. The van der Waals surface area contributed by atoms with E-state index in [2.05, 4.69) is 17.1 Å². The first-order valence-corrected chi connectivity index (χ1v) is 8.40. The highest BCUT2D eigenvalue weighted by molar-refractivity contribution is 5.80. The molecule has 1 saturated carbocycles. The van der Waals surface area contributed by atoms with Crippen molar-refractivity contribution in [2.75, 3.05) is 53.1 Å². The minimum atomic E-state index is 0.588. The number of likely N-dealkylation sites (tertiary alicyclic amines) is 1. The zero-order valence-corrected chi connectivity index (χ0v) is 13.7. The predicted molar refractivity (Wildman–Crippen MR) is 85.8 cm³/mol. The van der Waals surface area contributed by atoms with Gasteiger partial charge >= 0.3 is 0 Å². The normalized spacial score (nSPS) is 21.4. The summed E-state index contributed by atoms with van der Waals surface area (Å²) in [7, 11) is 1.69. The molecule has 0 bridgehead atoms. The molecule has 1 N–H and O–H groups in total. The quantitative estimate of drug-likeness (QED) is 0.443. The van der Waals surface area contributed by atoms with Gasteiger partial charge in [0.1, 0.15) is 0 Å². The van der Waals surface area contributed by atoms with Crippen molar-refractivity contribution in [3.8, 4) is 0 Å². The molecule has 1 aliphatic carbocycles. The number of hydrogen-bond donors (Lipinski definition) is 1. The van der Waals surface area contributed by atoms with Crippen molar-refractivity contribution in [2.45, 2.75) is 39.0 Å². The Morgan fingerprint density at radius 3 is 2.71 bits per heavy atom. The van der Waals surface area contributed by atoms with Gasteiger partial charge in [0.05, 0.1) is 26.4 Å². The highest BCUT2D eigenvalue weighted by Crippen LogP contribution is 2.45. The van der Waals surface area contributed by atoms with Gasteiger partial charge in [-0.05, 0) is 31.6 Å². The summed E-state index contributed by atoms with van der Waals surface area (Å²) < 4.78 is 10.4. The van der Waals surface area contributed by atoms with E-state index in [-0.39, 0.29) is 0 Å². The molecule has 5 heteroatoms. The van der Waals surface area contributed by atoms with Crippen LogP contribution in [-0.4, -0.2) is 64.0 Å². The van der Waals surface area contributed by atoms with Crippen molar-refractivity contribution >= 4 is 5.96 Å². The number of guanidine groups is 1.